The van der Waals surface area contributed by atoms with Gasteiger partial charge >= 0.3 is 0 Å². The average molecular weight is 260 g/mol. The zero-order valence-electron chi connectivity index (χ0n) is 6.60. The molecule has 1 aliphatic heterocycles. The second-order valence-corrected chi connectivity index (χ2v) is 4.74. The minimum Gasteiger partial charge on any atom is -0.507 e. The third-order valence-electron chi connectivity index (χ3n) is 1.87. The lowest BCUT2D eigenvalue weighted by Gasteiger charge is -2.18. The lowest BCUT2D eigenvalue weighted by Crippen LogP contribution is -2.32. The molecule has 0 aromatic heterocycles. The van der Waals surface area contributed by atoms with Gasteiger partial charge in [0.2, 0.25) is 0 Å². The molecule has 5 heteroatoms. The van der Waals surface area contributed by atoms with Crippen LogP contribution in [0.5, 0.6) is 5.75 Å². The Bertz CT molecular complexity index is 381. The van der Waals surface area contributed by atoms with Crippen molar-refractivity contribution in [3.63, 3.8) is 0 Å². The van der Waals surface area contributed by atoms with E-state index in [2.05, 4.69) is 21.2 Å². The number of rotatable bonds is 0. The van der Waals surface area contributed by atoms with Crippen molar-refractivity contribution in [2.45, 2.75) is 0 Å². The fourth-order valence-corrected chi connectivity index (χ4v) is 3.08. The largest absolute Gasteiger partial charge is 0.507 e. The van der Waals surface area contributed by atoms with Crippen LogP contribution in [0.3, 0.4) is 0 Å². The number of phenols is 1. The number of fused-ring (bicyclic) bond motifs is 1. The molecule has 1 aliphatic rings. The van der Waals surface area contributed by atoms with E-state index in [1.54, 1.807) is 12.1 Å². The highest BCUT2D eigenvalue weighted by Crippen LogP contribution is 2.29. The van der Waals surface area contributed by atoms with Gasteiger partial charge in [0.05, 0.1) is 5.56 Å². The van der Waals surface area contributed by atoms with Gasteiger partial charge in [0.1, 0.15) is 5.75 Å². The van der Waals surface area contributed by atoms with Gasteiger partial charge in [-0.2, -0.15) is 0 Å². The van der Waals surface area contributed by atoms with Gasteiger partial charge in [-0.1, -0.05) is 8.58 Å². The van der Waals surface area contributed by atoms with Crippen molar-refractivity contribution in [3.8, 4) is 5.75 Å². The maximum absolute atomic E-state index is 11.4. The van der Waals surface area contributed by atoms with E-state index in [1.807, 2.05) is 0 Å². The number of phenolic OH excluding ortho intramolecular Hbond substituents is 1. The van der Waals surface area contributed by atoms with Gasteiger partial charge in [-0.15, -0.1) is 0 Å². The van der Waals surface area contributed by atoms with E-state index >= 15 is 0 Å². The molecule has 1 aromatic carbocycles. The quantitative estimate of drug-likeness (QED) is 0.687. The Morgan fingerprint density at radius 1 is 1.54 bits per heavy atom. The van der Waals surface area contributed by atoms with E-state index in [0.717, 1.165) is 9.78 Å². The molecule has 1 atom stereocenters. The van der Waals surface area contributed by atoms with Gasteiger partial charge in [0, 0.05) is 16.1 Å². The zero-order chi connectivity index (χ0) is 9.42. The first kappa shape index (κ1) is 8.97. The molecule has 1 aromatic rings. The number of carbonyl (C=O) groups is 1. The van der Waals surface area contributed by atoms with Crippen molar-refractivity contribution in [2.75, 3.05) is 6.29 Å². The first-order valence-corrected chi connectivity index (χ1v) is 5.73. The van der Waals surface area contributed by atoms with E-state index in [0.29, 0.717) is 20.4 Å². The summed E-state index contributed by atoms with van der Waals surface area (Å²) >= 11 is 3.29. The van der Waals surface area contributed by atoms with Crippen LogP contribution in [0.1, 0.15) is 10.4 Å². The van der Waals surface area contributed by atoms with Crippen molar-refractivity contribution >= 4 is 35.7 Å². The Labute approximate surface area is 85.4 Å². The Morgan fingerprint density at radius 3 is 3.00 bits per heavy atom. The first-order valence-electron chi connectivity index (χ1n) is 3.73. The summed E-state index contributed by atoms with van der Waals surface area (Å²) in [6.45, 7) is 0. The summed E-state index contributed by atoms with van der Waals surface area (Å²) in [5, 5.41) is 13.0. The number of aromatic hydroxyl groups is 1. The van der Waals surface area contributed by atoms with Crippen molar-refractivity contribution < 1.29 is 9.90 Å². The van der Waals surface area contributed by atoms with Crippen LogP contribution in [0.2, 0.25) is 0 Å². The van der Waals surface area contributed by atoms with E-state index < -0.39 is 0 Å². The van der Waals surface area contributed by atoms with Crippen LogP contribution >= 0.6 is 24.5 Å². The molecular formula is C8H7BrNO2P. The minimum absolute atomic E-state index is 0.114. The summed E-state index contributed by atoms with van der Waals surface area (Å²) in [6.07, 6.45) is 0.621. The Hall–Kier alpha value is -0.600. The maximum atomic E-state index is 11.4. The molecule has 0 radical (unpaired) electrons. The predicted molar refractivity (Wildman–Crippen MR) is 56.1 cm³/mol. The van der Waals surface area contributed by atoms with Gasteiger partial charge in [0.15, 0.2) is 0 Å². The molecule has 2 rings (SSSR count). The number of hydrogen-bond acceptors (Lipinski definition) is 2. The van der Waals surface area contributed by atoms with Crippen molar-refractivity contribution in [1.29, 1.82) is 0 Å². The molecule has 13 heavy (non-hydrogen) atoms. The Balaban J connectivity index is 2.67. The predicted octanol–water partition coefficient (Wildman–Crippen LogP) is 1.16. The van der Waals surface area contributed by atoms with Crippen LogP contribution in [0.25, 0.3) is 0 Å². The summed E-state index contributed by atoms with van der Waals surface area (Å²) in [7, 11) is 0.442. The summed E-state index contributed by atoms with van der Waals surface area (Å²) in [4.78, 5) is 11.4. The van der Waals surface area contributed by atoms with Gasteiger partial charge in [-0.25, -0.2) is 0 Å². The van der Waals surface area contributed by atoms with Crippen LogP contribution in [0.4, 0.5) is 0 Å². The molecule has 1 unspecified atom stereocenters. The number of benzene rings is 1. The summed E-state index contributed by atoms with van der Waals surface area (Å²) in [6, 6.07) is 3.29. The average Bonchev–Trinajstić information content (AvgIpc) is 2.12. The normalized spacial score (nSPS) is 16.8. The van der Waals surface area contributed by atoms with Crippen LogP contribution in [-0.2, 0) is 0 Å². The Morgan fingerprint density at radius 2 is 2.31 bits per heavy atom. The molecule has 0 aliphatic carbocycles. The van der Waals surface area contributed by atoms with E-state index in [-0.39, 0.29) is 11.7 Å². The summed E-state index contributed by atoms with van der Waals surface area (Å²) < 4.78 is 0.741. The number of hydrogen-bond donors (Lipinski definition) is 2. The van der Waals surface area contributed by atoms with Crippen molar-refractivity contribution in [3.05, 3.63) is 22.2 Å². The summed E-state index contributed by atoms with van der Waals surface area (Å²) in [5.74, 6) is 0.0999. The lowest BCUT2D eigenvalue weighted by molar-refractivity contribution is 0.0959. The number of carbonyl (C=O) groups excluding carboxylic acids is 1. The van der Waals surface area contributed by atoms with Crippen molar-refractivity contribution in [2.24, 2.45) is 0 Å². The van der Waals surface area contributed by atoms with E-state index in [1.165, 1.54) is 0 Å². The lowest BCUT2D eigenvalue weighted by atomic mass is 10.2. The molecule has 0 bridgehead atoms. The third kappa shape index (κ3) is 1.45. The fraction of sp³-hybridized carbons (Fsp3) is 0.125. The third-order valence-corrected chi connectivity index (χ3v) is 3.75. The highest BCUT2D eigenvalue weighted by molar-refractivity contribution is 9.10. The van der Waals surface area contributed by atoms with Gasteiger partial charge < -0.3 is 10.4 Å². The minimum atomic E-state index is -0.114. The fourth-order valence-electron chi connectivity index (χ4n) is 1.27. The second kappa shape index (κ2) is 3.28. The monoisotopic (exact) mass is 259 g/mol. The van der Waals surface area contributed by atoms with Gasteiger partial charge in [-0.3, -0.25) is 4.79 Å². The van der Waals surface area contributed by atoms with Crippen molar-refractivity contribution in [1.82, 2.24) is 5.32 Å². The molecule has 1 amide bonds. The topological polar surface area (TPSA) is 49.3 Å². The first-order chi connectivity index (χ1) is 6.20. The summed E-state index contributed by atoms with van der Waals surface area (Å²) in [5.41, 5.74) is 0.574. The molecular weight excluding hydrogens is 253 g/mol. The smallest absolute Gasteiger partial charge is 0.253 e. The van der Waals surface area contributed by atoms with Crippen LogP contribution in [0.15, 0.2) is 16.6 Å². The molecule has 0 saturated heterocycles. The van der Waals surface area contributed by atoms with Crippen LogP contribution in [0, 0.1) is 0 Å². The number of amides is 1. The van der Waals surface area contributed by atoms with E-state index in [9.17, 15) is 9.90 Å². The number of halogens is 1. The molecule has 3 nitrogen and oxygen atoms in total. The Kier molecular flexibility index (Phi) is 2.26. The molecule has 0 fully saturated rings. The second-order valence-electron chi connectivity index (χ2n) is 2.68. The zero-order valence-corrected chi connectivity index (χ0v) is 9.18. The molecule has 1 heterocycles. The highest BCUT2D eigenvalue weighted by Gasteiger charge is 2.21. The molecule has 0 saturated carbocycles. The highest BCUT2D eigenvalue weighted by atomic mass is 79.9. The van der Waals surface area contributed by atoms with E-state index in [4.69, 9.17) is 0 Å². The maximum Gasteiger partial charge on any atom is 0.253 e. The van der Waals surface area contributed by atoms with Crippen LogP contribution in [-0.4, -0.2) is 17.3 Å². The van der Waals surface area contributed by atoms with Crippen LogP contribution < -0.4 is 10.6 Å². The molecule has 68 valence electrons. The molecule has 0 spiro atoms. The number of nitrogens with one attached hydrogen (secondary N) is 1. The SMILES string of the molecule is O=C1NCPc2c(O)ccc(Br)c21. The van der Waals surface area contributed by atoms with Gasteiger partial charge in [0.25, 0.3) is 5.91 Å². The van der Waals surface area contributed by atoms with Gasteiger partial charge in [-0.05, 0) is 28.1 Å². The molecule has 2 N–H and O–H groups in total. The standard InChI is InChI=1S/C8H7BrNO2P/c9-4-1-2-5(11)7-6(4)8(12)10-3-13-7/h1-2,11,13H,3H2,(H,10,12).